The van der Waals surface area contributed by atoms with Crippen LogP contribution in [-0.2, 0) is 28.6 Å². The van der Waals surface area contributed by atoms with Crippen molar-refractivity contribution in [1.29, 1.82) is 0 Å². The lowest BCUT2D eigenvalue weighted by Crippen LogP contribution is -2.30. The van der Waals surface area contributed by atoms with Crippen LogP contribution in [0.15, 0.2) is 134 Å². The number of esters is 3. The molecule has 0 aliphatic rings. The lowest BCUT2D eigenvalue weighted by Gasteiger charge is -2.18. The van der Waals surface area contributed by atoms with E-state index < -0.39 is 6.10 Å². The highest BCUT2D eigenvalue weighted by molar-refractivity contribution is 5.71. The van der Waals surface area contributed by atoms with E-state index >= 15 is 0 Å². The third kappa shape index (κ3) is 46.5. The van der Waals surface area contributed by atoms with Crippen LogP contribution in [0, 0.1) is 0 Å². The Morgan fingerprint density at radius 3 is 1.05 bits per heavy atom. The molecule has 0 radical (unpaired) electrons. The molecule has 0 saturated carbocycles. The van der Waals surface area contributed by atoms with E-state index in [4.69, 9.17) is 14.2 Å². The Morgan fingerprint density at radius 2 is 0.656 bits per heavy atom. The molecule has 0 aromatic rings. The zero-order chi connectivity index (χ0) is 44.4. The van der Waals surface area contributed by atoms with Crippen LogP contribution < -0.4 is 0 Å². The molecule has 0 heterocycles. The molecule has 0 spiro atoms. The number of carbonyl (C=O) groups excluding carboxylic acids is 3. The second-order valence-electron chi connectivity index (χ2n) is 15.1. The van der Waals surface area contributed by atoms with Crippen LogP contribution in [0.2, 0.25) is 0 Å². The first-order chi connectivity index (χ1) is 30.0. The quantitative estimate of drug-likeness (QED) is 0.0201. The first-order valence-electron chi connectivity index (χ1n) is 23.8. The minimum Gasteiger partial charge on any atom is -0.462 e. The molecule has 0 N–H and O–H groups in total. The molecule has 1 atom stereocenters. The Morgan fingerprint density at radius 1 is 0.344 bits per heavy atom. The summed E-state index contributed by atoms with van der Waals surface area (Å²) < 4.78 is 16.7. The molecule has 6 heteroatoms. The highest BCUT2D eigenvalue weighted by Crippen LogP contribution is 2.11. The van der Waals surface area contributed by atoms with Crippen molar-refractivity contribution >= 4 is 17.9 Å². The van der Waals surface area contributed by atoms with Gasteiger partial charge in [0.1, 0.15) is 13.2 Å². The number of rotatable bonds is 40. The van der Waals surface area contributed by atoms with Crippen LogP contribution in [0.3, 0.4) is 0 Å². The Kier molecular flexibility index (Phi) is 44.7. The van der Waals surface area contributed by atoms with E-state index in [-0.39, 0.29) is 37.5 Å². The maximum absolute atomic E-state index is 12.7. The van der Waals surface area contributed by atoms with Crippen molar-refractivity contribution < 1.29 is 28.6 Å². The molecule has 340 valence electrons. The minimum atomic E-state index is -0.828. The highest BCUT2D eigenvalue weighted by Gasteiger charge is 2.19. The zero-order valence-corrected chi connectivity index (χ0v) is 38.6. The van der Waals surface area contributed by atoms with Gasteiger partial charge in [0, 0.05) is 19.3 Å². The second kappa shape index (κ2) is 48.2. The molecule has 0 saturated heterocycles. The van der Waals surface area contributed by atoms with E-state index in [0.717, 1.165) is 89.9 Å². The van der Waals surface area contributed by atoms with Crippen molar-refractivity contribution in [2.75, 3.05) is 13.2 Å². The summed E-state index contributed by atoms with van der Waals surface area (Å²) in [7, 11) is 0. The Hall–Kier alpha value is -4.45. The Balaban J connectivity index is 4.61. The molecule has 0 aromatic heterocycles. The highest BCUT2D eigenvalue weighted by atomic mass is 16.6. The summed E-state index contributed by atoms with van der Waals surface area (Å²) in [5, 5.41) is 0. The van der Waals surface area contributed by atoms with Gasteiger partial charge < -0.3 is 14.2 Å². The maximum Gasteiger partial charge on any atom is 0.306 e. The molecule has 0 amide bonds. The number of ether oxygens (including phenoxy) is 3. The number of hydrogen-bond donors (Lipinski definition) is 0. The fourth-order valence-corrected chi connectivity index (χ4v) is 5.83. The predicted molar refractivity (Wildman–Crippen MR) is 260 cm³/mol. The summed E-state index contributed by atoms with van der Waals surface area (Å²) in [6, 6.07) is 0. The zero-order valence-electron chi connectivity index (χ0n) is 38.6. The van der Waals surface area contributed by atoms with Crippen LogP contribution in [0.1, 0.15) is 175 Å². The summed E-state index contributed by atoms with van der Waals surface area (Å²) in [5.74, 6) is -1.04. The normalized spacial score (nSPS) is 13.3. The SMILES string of the molecule is CC\C=C/C=C\C=C/C=C\C=C/CCCCCC(=O)OCC(COC(=O)CCCCC/C=C\CCCCCCCC)OC(=O)CCCCC\C=C/C=C\C=C/C=C\C=C/CC. The van der Waals surface area contributed by atoms with Gasteiger partial charge in [-0.1, -0.05) is 206 Å². The van der Waals surface area contributed by atoms with Gasteiger partial charge >= 0.3 is 17.9 Å². The molecule has 61 heavy (non-hydrogen) atoms. The van der Waals surface area contributed by atoms with Crippen LogP contribution in [0.5, 0.6) is 0 Å². The lowest BCUT2D eigenvalue weighted by atomic mass is 10.1. The van der Waals surface area contributed by atoms with Crippen molar-refractivity contribution in [3.05, 3.63) is 134 Å². The summed E-state index contributed by atoms with van der Waals surface area (Å²) in [6.07, 6.45) is 67.1. The maximum atomic E-state index is 12.7. The average molecular weight is 841 g/mol. The largest absolute Gasteiger partial charge is 0.462 e. The van der Waals surface area contributed by atoms with Crippen LogP contribution >= 0.6 is 0 Å². The van der Waals surface area contributed by atoms with Crippen LogP contribution in [0.25, 0.3) is 0 Å². The third-order valence-corrected chi connectivity index (χ3v) is 9.38. The second-order valence-corrected chi connectivity index (χ2v) is 15.1. The summed E-state index contributed by atoms with van der Waals surface area (Å²) in [5.41, 5.74) is 0. The summed E-state index contributed by atoms with van der Waals surface area (Å²) >= 11 is 0. The van der Waals surface area contributed by atoms with Crippen LogP contribution in [-0.4, -0.2) is 37.2 Å². The molecule has 0 aliphatic heterocycles. The summed E-state index contributed by atoms with van der Waals surface area (Å²) in [4.78, 5) is 37.9. The molecule has 0 aromatic carbocycles. The monoisotopic (exact) mass is 841 g/mol. The number of unbranched alkanes of at least 4 members (excludes halogenated alkanes) is 15. The van der Waals surface area contributed by atoms with Gasteiger partial charge in [-0.3, -0.25) is 14.4 Å². The van der Waals surface area contributed by atoms with Gasteiger partial charge in [-0.25, -0.2) is 0 Å². The Bertz CT molecular complexity index is 1380. The van der Waals surface area contributed by atoms with Gasteiger partial charge in [0.2, 0.25) is 0 Å². The molecular weight excluding hydrogens is 757 g/mol. The molecular formula is C55H84O6. The Labute approximate surface area is 373 Å². The standard InChI is InChI=1S/C55H84O6/c1-4-7-10-13-16-19-22-25-27-30-33-36-39-42-45-48-54(57)60-51-52(50-59-53(56)47-44-41-38-35-32-29-24-21-18-15-12-9-6-3)61-55(58)49-46-43-40-37-34-31-28-26-23-20-17-14-11-8-5-2/h7-8,10-11,13-14,16-17,19-20,22-23,25-34,52H,4-6,9,12,15,18,21,24,35-51H2,1-3H3/b10-7-,11-8-,16-13-,17-14-,22-19-,23-20-,27-25-,28-26-,32-29-,33-30-,34-31-. The molecule has 0 fully saturated rings. The molecule has 1 unspecified atom stereocenters. The number of allylic oxidation sites excluding steroid dienone is 22. The van der Waals surface area contributed by atoms with Gasteiger partial charge in [-0.2, -0.15) is 0 Å². The van der Waals surface area contributed by atoms with Crippen molar-refractivity contribution in [1.82, 2.24) is 0 Å². The van der Waals surface area contributed by atoms with Crippen LogP contribution in [0.4, 0.5) is 0 Å². The van der Waals surface area contributed by atoms with Gasteiger partial charge in [0.25, 0.3) is 0 Å². The van der Waals surface area contributed by atoms with Crippen molar-refractivity contribution in [2.45, 2.75) is 181 Å². The van der Waals surface area contributed by atoms with E-state index in [1.165, 1.54) is 38.5 Å². The van der Waals surface area contributed by atoms with Gasteiger partial charge in [0.15, 0.2) is 6.10 Å². The van der Waals surface area contributed by atoms with Gasteiger partial charge in [-0.05, 0) is 83.5 Å². The van der Waals surface area contributed by atoms with E-state index in [9.17, 15) is 14.4 Å². The first-order valence-corrected chi connectivity index (χ1v) is 23.8. The topological polar surface area (TPSA) is 78.9 Å². The van der Waals surface area contributed by atoms with E-state index in [1.54, 1.807) is 0 Å². The van der Waals surface area contributed by atoms with Crippen molar-refractivity contribution in [2.24, 2.45) is 0 Å². The smallest absolute Gasteiger partial charge is 0.306 e. The van der Waals surface area contributed by atoms with E-state index in [1.807, 2.05) is 97.2 Å². The van der Waals surface area contributed by atoms with Gasteiger partial charge in [0.05, 0.1) is 0 Å². The number of hydrogen-bond acceptors (Lipinski definition) is 6. The first kappa shape index (κ1) is 56.5. The fourth-order valence-electron chi connectivity index (χ4n) is 5.83. The predicted octanol–water partition coefficient (Wildman–Crippen LogP) is 15.5. The van der Waals surface area contributed by atoms with Crippen molar-refractivity contribution in [3.8, 4) is 0 Å². The summed E-state index contributed by atoms with van der Waals surface area (Å²) in [6.45, 7) is 6.22. The number of carbonyl (C=O) groups is 3. The van der Waals surface area contributed by atoms with E-state index in [2.05, 4.69) is 57.2 Å². The fraction of sp³-hybridized carbons (Fsp3) is 0.545. The van der Waals surface area contributed by atoms with E-state index in [0.29, 0.717) is 19.3 Å². The minimum absolute atomic E-state index is 0.123. The third-order valence-electron chi connectivity index (χ3n) is 9.38. The van der Waals surface area contributed by atoms with Crippen molar-refractivity contribution in [3.63, 3.8) is 0 Å². The molecule has 0 rings (SSSR count). The molecule has 6 nitrogen and oxygen atoms in total. The molecule has 0 aliphatic carbocycles. The average Bonchev–Trinajstić information content (AvgIpc) is 3.26. The van der Waals surface area contributed by atoms with Gasteiger partial charge in [-0.15, -0.1) is 0 Å². The lowest BCUT2D eigenvalue weighted by molar-refractivity contribution is -0.167. The molecule has 0 bridgehead atoms.